The molecule has 7 heteroatoms. The van der Waals surface area contributed by atoms with E-state index in [1.54, 1.807) is 0 Å². The van der Waals surface area contributed by atoms with Crippen LogP contribution in [0.3, 0.4) is 0 Å². The molecule has 7 nitrogen and oxygen atoms in total. The summed E-state index contributed by atoms with van der Waals surface area (Å²) >= 11 is 0. The monoisotopic (exact) mass is 343 g/mol. The van der Waals surface area contributed by atoms with E-state index in [0.29, 0.717) is 0 Å². The van der Waals surface area contributed by atoms with Gasteiger partial charge in [0.2, 0.25) is 11.8 Å². The second-order valence-electron chi connectivity index (χ2n) is 7.03. The van der Waals surface area contributed by atoms with Crippen LogP contribution in [0.2, 0.25) is 0 Å². The molecule has 25 heavy (non-hydrogen) atoms. The van der Waals surface area contributed by atoms with Gasteiger partial charge in [-0.05, 0) is 23.5 Å². The molecule has 1 atom stereocenters. The lowest BCUT2D eigenvalue weighted by molar-refractivity contribution is -0.126. The highest BCUT2D eigenvalue weighted by Gasteiger charge is 2.15. The number of nitrogens with one attached hydrogen (secondary N) is 2. The fraction of sp³-hybridized carbons (Fsp3) is 0.444. The first-order chi connectivity index (χ1) is 11.8. The van der Waals surface area contributed by atoms with E-state index >= 15 is 0 Å². The second kappa shape index (κ2) is 7.92. The zero-order valence-electron chi connectivity index (χ0n) is 15.1. The van der Waals surface area contributed by atoms with Gasteiger partial charge >= 0.3 is 0 Å². The van der Waals surface area contributed by atoms with Crippen LogP contribution in [-0.4, -0.2) is 33.1 Å². The molecule has 0 radical (unpaired) electrons. The molecule has 0 aliphatic carbocycles. The number of amides is 2. The largest absolute Gasteiger partial charge is 0.348 e. The summed E-state index contributed by atoms with van der Waals surface area (Å²) in [6, 6.07) is 8.08. The minimum absolute atomic E-state index is 0.0388. The summed E-state index contributed by atoms with van der Waals surface area (Å²) in [5.74, 6) is -0.526. The van der Waals surface area contributed by atoms with E-state index in [4.69, 9.17) is 0 Å². The van der Waals surface area contributed by atoms with Crippen LogP contribution >= 0.6 is 0 Å². The van der Waals surface area contributed by atoms with Crippen molar-refractivity contribution in [1.82, 2.24) is 25.4 Å². The molecule has 2 aromatic rings. The Hall–Kier alpha value is -2.70. The molecule has 1 heterocycles. The summed E-state index contributed by atoms with van der Waals surface area (Å²) in [4.78, 5) is 27.5. The third-order valence-corrected chi connectivity index (χ3v) is 3.87. The SMILES string of the molecule is C[C@@H](NC(=O)CNC(=O)Cn1cncn1)c1ccc(C(C)(C)C)cc1. The number of aromatic nitrogens is 3. The summed E-state index contributed by atoms with van der Waals surface area (Å²) in [5.41, 5.74) is 2.37. The quantitative estimate of drug-likeness (QED) is 0.833. The fourth-order valence-corrected chi connectivity index (χ4v) is 2.34. The smallest absolute Gasteiger partial charge is 0.242 e. The Morgan fingerprint density at radius 3 is 2.40 bits per heavy atom. The van der Waals surface area contributed by atoms with Gasteiger partial charge in [0, 0.05) is 0 Å². The van der Waals surface area contributed by atoms with Crippen LogP contribution in [0, 0.1) is 0 Å². The molecular formula is C18H25N5O2. The minimum Gasteiger partial charge on any atom is -0.348 e. The summed E-state index contributed by atoms with van der Waals surface area (Å²) in [6.07, 6.45) is 2.80. The molecule has 0 saturated carbocycles. The van der Waals surface area contributed by atoms with Crippen molar-refractivity contribution >= 4 is 11.8 Å². The van der Waals surface area contributed by atoms with Crippen LogP contribution in [-0.2, 0) is 21.5 Å². The fourth-order valence-electron chi connectivity index (χ4n) is 2.34. The van der Waals surface area contributed by atoms with Gasteiger partial charge in [0.15, 0.2) is 0 Å². The molecular weight excluding hydrogens is 318 g/mol. The van der Waals surface area contributed by atoms with Crippen molar-refractivity contribution in [3.05, 3.63) is 48.0 Å². The van der Waals surface area contributed by atoms with Crippen molar-refractivity contribution in [2.45, 2.75) is 45.7 Å². The zero-order valence-corrected chi connectivity index (χ0v) is 15.1. The van der Waals surface area contributed by atoms with Gasteiger partial charge in [-0.1, -0.05) is 45.0 Å². The van der Waals surface area contributed by atoms with Gasteiger partial charge in [-0.15, -0.1) is 0 Å². The lowest BCUT2D eigenvalue weighted by Gasteiger charge is -2.20. The highest BCUT2D eigenvalue weighted by atomic mass is 16.2. The first-order valence-corrected chi connectivity index (χ1v) is 8.24. The molecule has 1 aromatic heterocycles. The number of nitrogens with zero attached hydrogens (tertiary/aromatic N) is 3. The van der Waals surface area contributed by atoms with Crippen LogP contribution in [0.1, 0.15) is 44.9 Å². The highest BCUT2D eigenvalue weighted by Crippen LogP contribution is 2.23. The molecule has 0 bridgehead atoms. The van der Waals surface area contributed by atoms with Crippen molar-refractivity contribution in [3.63, 3.8) is 0 Å². The predicted molar refractivity (Wildman–Crippen MR) is 94.7 cm³/mol. The zero-order chi connectivity index (χ0) is 18.4. The maximum absolute atomic E-state index is 12.0. The van der Waals surface area contributed by atoms with Crippen molar-refractivity contribution in [3.8, 4) is 0 Å². The summed E-state index contributed by atoms with van der Waals surface area (Å²) < 4.78 is 1.40. The van der Waals surface area contributed by atoms with Gasteiger partial charge in [-0.2, -0.15) is 5.10 Å². The van der Waals surface area contributed by atoms with E-state index in [0.717, 1.165) is 5.56 Å². The average molecular weight is 343 g/mol. The second-order valence-corrected chi connectivity index (χ2v) is 7.03. The highest BCUT2D eigenvalue weighted by molar-refractivity contribution is 5.84. The Morgan fingerprint density at radius 1 is 1.16 bits per heavy atom. The summed E-state index contributed by atoms with van der Waals surface area (Å²) in [5, 5.41) is 9.29. The van der Waals surface area contributed by atoms with E-state index in [1.807, 2.05) is 19.1 Å². The molecule has 2 N–H and O–H groups in total. The molecule has 2 rings (SSSR count). The van der Waals surface area contributed by atoms with E-state index < -0.39 is 0 Å². The minimum atomic E-state index is -0.289. The van der Waals surface area contributed by atoms with Crippen LogP contribution in [0.4, 0.5) is 0 Å². The summed E-state index contributed by atoms with van der Waals surface area (Å²) in [6.45, 7) is 8.37. The van der Waals surface area contributed by atoms with Gasteiger partial charge in [0.05, 0.1) is 12.6 Å². The maximum atomic E-state index is 12.0. The number of rotatable bonds is 6. The molecule has 0 fully saturated rings. The maximum Gasteiger partial charge on any atom is 0.242 e. The normalized spacial score (nSPS) is 12.5. The van der Waals surface area contributed by atoms with E-state index in [-0.39, 0.29) is 36.4 Å². The van der Waals surface area contributed by atoms with Crippen molar-refractivity contribution in [2.24, 2.45) is 0 Å². The van der Waals surface area contributed by atoms with Crippen molar-refractivity contribution < 1.29 is 9.59 Å². The van der Waals surface area contributed by atoms with E-state index in [2.05, 4.69) is 53.6 Å². The van der Waals surface area contributed by atoms with Gasteiger partial charge in [0.1, 0.15) is 19.2 Å². The lowest BCUT2D eigenvalue weighted by Crippen LogP contribution is -2.39. The van der Waals surface area contributed by atoms with Gasteiger partial charge in [-0.25, -0.2) is 9.67 Å². The topological polar surface area (TPSA) is 88.9 Å². The average Bonchev–Trinajstić information content (AvgIpc) is 3.05. The molecule has 2 amide bonds. The van der Waals surface area contributed by atoms with Crippen LogP contribution in [0.25, 0.3) is 0 Å². The lowest BCUT2D eigenvalue weighted by atomic mass is 9.86. The standard InChI is InChI=1S/C18H25N5O2/c1-13(14-5-7-15(8-6-14)18(2,3)4)22-16(24)9-20-17(25)10-23-12-19-11-21-23/h5-8,11-13H,9-10H2,1-4H3,(H,20,25)(H,22,24)/t13-/m1/s1. The van der Waals surface area contributed by atoms with Gasteiger partial charge < -0.3 is 10.6 Å². The van der Waals surface area contributed by atoms with Crippen LogP contribution in [0.5, 0.6) is 0 Å². The van der Waals surface area contributed by atoms with Crippen molar-refractivity contribution in [2.75, 3.05) is 6.54 Å². The molecule has 0 spiro atoms. The van der Waals surface area contributed by atoms with Gasteiger partial charge in [0.25, 0.3) is 0 Å². The number of benzene rings is 1. The number of carbonyl (C=O) groups is 2. The molecule has 0 aliphatic rings. The molecule has 0 aliphatic heterocycles. The Bertz CT molecular complexity index is 702. The Labute approximate surface area is 147 Å². The molecule has 1 aromatic carbocycles. The van der Waals surface area contributed by atoms with Crippen LogP contribution in [0.15, 0.2) is 36.9 Å². The third kappa shape index (κ3) is 5.70. The first-order valence-electron chi connectivity index (χ1n) is 8.24. The molecule has 134 valence electrons. The number of hydrogen-bond donors (Lipinski definition) is 2. The van der Waals surface area contributed by atoms with Gasteiger partial charge in [-0.3, -0.25) is 9.59 Å². The Morgan fingerprint density at radius 2 is 1.84 bits per heavy atom. The predicted octanol–water partition coefficient (Wildman–Crippen LogP) is 1.57. The van der Waals surface area contributed by atoms with E-state index in [1.165, 1.54) is 22.9 Å². The molecule has 0 saturated heterocycles. The third-order valence-electron chi connectivity index (χ3n) is 3.87. The van der Waals surface area contributed by atoms with E-state index in [9.17, 15) is 9.59 Å². The summed E-state index contributed by atoms with van der Waals surface area (Å²) in [7, 11) is 0. The van der Waals surface area contributed by atoms with Crippen LogP contribution < -0.4 is 10.6 Å². The Kier molecular flexibility index (Phi) is 5.90. The molecule has 0 unspecified atom stereocenters. The number of carbonyl (C=O) groups excluding carboxylic acids is 2. The number of hydrogen-bond acceptors (Lipinski definition) is 4. The Balaban J connectivity index is 1.80. The first kappa shape index (κ1) is 18.6. The van der Waals surface area contributed by atoms with Crippen molar-refractivity contribution in [1.29, 1.82) is 0 Å².